The van der Waals surface area contributed by atoms with Crippen molar-refractivity contribution in [1.29, 1.82) is 0 Å². The number of ether oxygens (including phenoxy) is 1. The Kier molecular flexibility index (Phi) is 5.34. The summed E-state index contributed by atoms with van der Waals surface area (Å²) in [5.41, 5.74) is 4.15. The third-order valence-electron chi connectivity index (χ3n) is 2.58. The topological polar surface area (TPSA) is 9.23 Å². The molecular weight excluding hydrogens is 252 g/mol. The van der Waals surface area contributed by atoms with Crippen LogP contribution in [0.15, 0.2) is 18.2 Å². The van der Waals surface area contributed by atoms with E-state index in [-0.39, 0.29) is 0 Å². The molecule has 1 nitrogen and oxygen atoms in total. The van der Waals surface area contributed by atoms with Gasteiger partial charge in [-0.3, -0.25) is 0 Å². The molecule has 1 atom stereocenters. The van der Waals surface area contributed by atoms with Gasteiger partial charge in [0.05, 0.1) is 0 Å². The molecule has 84 valence electrons. The molecule has 0 aliphatic rings. The van der Waals surface area contributed by atoms with Crippen molar-refractivity contribution in [2.24, 2.45) is 0 Å². The number of benzene rings is 1. The average Bonchev–Trinajstić information content (AvgIpc) is 2.20. The van der Waals surface area contributed by atoms with Crippen LogP contribution in [0, 0.1) is 13.8 Å². The second kappa shape index (κ2) is 6.29. The Morgan fingerprint density at radius 3 is 2.73 bits per heavy atom. The fraction of sp³-hybridized carbons (Fsp3) is 0.538. The van der Waals surface area contributed by atoms with Gasteiger partial charge in [0.1, 0.15) is 0 Å². The monoisotopic (exact) mass is 270 g/mol. The van der Waals surface area contributed by atoms with E-state index in [1.54, 1.807) is 7.11 Å². The van der Waals surface area contributed by atoms with Gasteiger partial charge in [0.15, 0.2) is 0 Å². The van der Waals surface area contributed by atoms with Gasteiger partial charge in [-0.1, -0.05) is 39.7 Å². The summed E-state index contributed by atoms with van der Waals surface area (Å²) in [7, 11) is 1.75. The Labute approximate surface area is 101 Å². The quantitative estimate of drug-likeness (QED) is 0.743. The maximum absolute atomic E-state index is 5.07. The lowest BCUT2D eigenvalue weighted by Crippen LogP contribution is -2.07. The van der Waals surface area contributed by atoms with Crippen LogP contribution in [0.3, 0.4) is 0 Å². The molecule has 0 aliphatic carbocycles. The Hall–Kier alpha value is -0.340. The van der Waals surface area contributed by atoms with Crippen LogP contribution < -0.4 is 0 Å². The van der Waals surface area contributed by atoms with Crippen LogP contribution in [0.4, 0.5) is 0 Å². The number of methoxy groups -OCH3 is 1. The summed E-state index contributed by atoms with van der Waals surface area (Å²) in [5, 5.41) is 0. The highest BCUT2D eigenvalue weighted by Crippen LogP contribution is 2.18. The summed E-state index contributed by atoms with van der Waals surface area (Å²) in [6, 6.07) is 6.63. The van der Waals surface area contributed by atoms with E-state index in [0.717, 1.165) is 19.4 Å². The molecule has 1 aromatic rings. The fourth-order valence-electron chi connectivity index (χ4n) is 1.61. The van der Waals surface area contributed by atoms with Gasteiger partial charge in [0.25, 0.3) is 0 Å². The summed E-state index contributed by atoms with van der Waals surface area (Å²) in [6.07, 6.45) is 2.14. The first-order valence-electron chi connectivity index (χ1n) is 5.32. The second-order valence-corrected chi connectivity index (χ2v) is 5.31. The van der Waals surface area contributed by atoms with Crippen LogP contribution in [-0.2, 0) is 11.2 Å². The lowest BCUT2D eigenvalue weighted by Gasteiger charge is -2.12. The lowest BCUT2D eigenvalue weighted by atomic mass is 10.0. The molecule has 1 unspecified atom stereocenters. The lowest BCUT2D eigenvalue weighted by molar-refractivity contribution is 0.194. The fourth-order valence-corrected chi connectivity index (χ4v) is 2.14. The van der Waals surface area contributed by atoms with Crippen molar-refractivity contribution in [3.63, 3.8) is 0 Å². The molecule has 0 spiro atoms. The summed E-state index contributed by atoms with van der Waals surface area (Å²) in [4.78, 5) is 0.512. The van der Waals surface area contributed by atoms with Crippen LogP contribution in [0.2, 0.25) is 0 Å². The molecule has 0 amide bonds. The smallest absolute Gasteiger partial charge is 0.0473 e. The minimum Gasteiger partial charge on any atom is -0.385 e. The third kappa shape index (κ3) is 4.35. The average molecular weight is 271 g/mol. The summed E-state index contributed by atoms with van der Waals surface area (Å²) in [6.45, 7) is 5.13. The van der Waals surface area contributed by atoms with E-state index < -0.39 is 0 Å². The van der Waals surface area contributed by atoms with Crippen molar-refractivity contribution < 1.29 is 4.74 Å². The largest absolute Gasteiger partial charge is 0.385 e. The van der Waals surface area contributed by atoms with Crippen molar-refractivity contribution in [2.45, 2.75) is 31.5 Å². The Morgan fingerprint density at radius 2 is 2.07 bits per heavy atom. The number of hydrogen-bond donors (Lipinski definition) is 0. The van der Waals surface area contributed by atoms with Gasteiger partial charge in [-0.15, -0.1) is 0 Å². The van der Waals surface area contributed by atoms with Crippen molar-refractivity contribution in [1.82, 2.24) is 0 Å². The van der Waals surface area contributed by atoms with Crippen molar-refractivity contribution in [3.05, 3.63) is 34.9 Å². The number of hydrogen-bond acceptors (Lipinski definition) is 1. The van der Waals surface area contributed by atoms with E-state index in [1.807, 2.05) is 0 Å². The zero-order chi connectivity index (χ0) is 11.3. The van der Waals surface area contributed by atoms with E-state index in [0.29, 0.717) is 4.83 Å². The second-order valence-electron chi connectivity index (χ2n) is 4.01. The molecular formula is C13H19BrO. The highest BCUT2D eigenvalue weighted by molar-refractivity contribution is 9.09. The molecule has 0 aromatic heterocycles. The van der Waals surface area contributed by atoms with Crippen molar-refractivity contribution in [2.75, 3.05) is 13.7 Å². The maximum atomic E-state index is 5.07. The first kappa shape index (κ1) is 12.7. The Morgan fingerprint density at radius 1 is 1.33 bits per heavy atom. The van der Waals surface area contributed by atoms with Gasteiger partial charge in [0, 0.05) is 18.5 Å². The molecule has 0 radical (unpaired) electrons. The van der Waals surface area contributed by atoms with Crippen molar-refractivity contribution >= 4 is 15.9 Å². The summed E-state index contributed by atoms with van der Waals surface area (Å²) in [5.74, 6) is 0. The maximum Gasteiger partial charge on any atom is 0.0473 e. The number of rotatable bonds is 5. The van der Waals surface area contributed by atoms with E-state index in [4.69, 9.17) is 4.74 Å². The van der Waals surface area contributed by atoms with Gasteiger partial charge < -0.3 is 4.74 Å². The molecule has 0 bridgehead atoms. The SMILES string of the molecule is COCCC(Br)Cc1cc(C)ccc1C. The van der Waals surface area contributed by atoms with Crippen LogP contribution >= 0.6 is 15.9 Å². The molecule has 1 rings (SSSR count). The molecule has 0 saturated carbocycles. The number of aryl methyl sites for hydroxylation is 2. The molecule has 0 saturated heterocycles. The van der Waals surface area contributed by atoms with Crippen molar-refractivity contribution in [3.8, 4) is 0 Å². The molecule has 0 aliphatic heterocycles. The van der Waals surface area contributed by atoms with Gasteiger partial charge in [-0.05, 0) is 37.8 Å². The molecule has 0 N–H and O–H groups in total. The first-order chi connectivity index (χ1) is 7.13. The third-order valence-corrected chi connectivity index (χ3v) is 3.36. The molecule has 1 aromatic carbocycles. The van der Waals surface area contributed by atoms with E-state index >= 15 is 0 Å². The predicted molar refractivity (Wildman–Crippen MR) is 68.8 cm³/mol. The number of halogens is 1. The highest BCUT2D eigenvalue weighted by Gasteiger charge is 2.07. The highest BCUT2D eigenvalue weighted by atomic mass is 79.9. The first-order valence-corrected chi connectivity index (χ1v) is 6.24. The zero-order valence-electron chi connectivity index (χ0n) is 9.72. The van der Waals surface area contributed by atoms with E-state index in [2.05, 4.69) is 48.0 Å². The summed E-state index contributed by atoms with van der Waals surface area (Å²) >= 11 is 3.69. The van der Waals surface area contributed by atoms with Gasteiger partial charge in [0.2, 0.25) is 0 Å². The molecule has 0 fully saturated rings. The minimum atomic E-state index is 0.512. The van der Waals surface area contributed by atoms with Crippen LogP contribution in [0.25, 0.3) is 0 Å². The van der Waals surface area contributed by atoms with E-state index in [9.17, 15) is 0 Å². The van der Waals surface area contributed by atoms with Gasteiger partial charge in [-0.2, -0.15) is 0 Å². The molecule has 0 heterocycles. The molecule has 2 heteroatoms. The van der Waals surface area contributed by atoms with Crippen LogP contribution in [0.5, 0.6) is 0 Å². The van der Waals surface area contributed by atoms with Gasteiger partial charge in [-0.25, -0.2) is 0 Å². The zero-order valence-corrected chi connectivity index (χ0v) is 11.3. The Balaban J connectivity index is 2.59. The number of alkyl halides is 1. The molecule has 15 heavy (non-hydrogen) atoms. The predicted octanol–water partition coefficient (Wildman–Crippen LogP) is 3.65. The van der Waals surface area contributed by atoms with Crippen LogP contribution in [-0.4, -0.2) is 18.5 Å². The summed E-state index contributed by atoms with van der Waals surface area (Å²) < 4.78 is 5.07. The van der Waals surface area contributed by atoms with Crippen LogP contribution in [0.1, 0.15) is 23.1 Å². The minimum absolute atomic E-state index is 0.512. The van der Waals surface area contributed by atoms with Gasteiger partial charge >= 0.3 is 0 Å². The standard InChI is InChI=1S/C13H19BrO/c1-10-4-5-11(2)12(8-10)9-13(14)6-7-15-3/h4-5,8,13H,6-7,9H2,1-3H3. The Bertz CT molecular complexity index is 309. The van der Waals surface area contributed by atoms with E-state index in [1.165, 1.54) is 16.7 Å². The normalized spacial score (nSPS) is 12.8.